The van der Waals surface area contributed by atoms with Gasteiger partial charge in [-0.1, -0.05) is 35.9 Å². The Morgan fingerprint density at radius 1 is 0.852 bits per heavy atom. The van der Waals surface area contributed by atoms with Crippen molar-refractivity contribution in [1.82, 2.24) is 0 Å². The molecule has 4 aliphatic rings. The van der Waals surface area contributed by atoms with Crippen LogP contribution in [0.25, 0.3) is 10.8 Å². The van der Waals surface area contributed by atoms with Crippen LogP contribution in [0.15, 0.2) is 59.7 Å². The first kappa shape index (κ1) is 15.1. The van der Waals surface area contributed by atoms with Crippen LogP contribution in [0.3, 0.4) is 0 Å². The van der Waals surface area contributed by atoms with Gasteiger partial charge in [0.25, 0.3) is 5.60 Å². The normalized spacial score (nSPS) is 31.7. The van der Waals surface area contributed by atoms with E-state index < -0.39 is 34.3 Å². The fourth-order valence-electron chi connectivity index (χ4n) is 4.34. The van der Waals surface area contributed by atoms with E-state index >= 15 is 0 Å². The molecule has 1 fully saturated rings. The molecule has 0 aromatic heterocycles. The number of hydrogen-bond donors (Lipinski definition) is 0. The summed E-state index contributed by atoms with van der Waals surface area (Å²) in [5.74, 6) is -2.97. The van der Waals surface area contributed by atoms with Crippen molar-refractivity contribution in [3.8, 4) is 11.5 Å². The quantitative estimate of drug-likeness (QED) is 0.515. The first-order valence-electron chi connectivity index (χ1n) is 8.25. The maximum atomic E-state index is 12.9. The number of carbonyl (C=O) groups excluding carboxylic acids is 3. The molecular formula is C20H9ClO6. The molecule has 0 unspecified atom stereocenters. The van der Waals surface area contributed by atoms with Crippen molar-refractivity contribution >= 4 is 39.7 Å². The lowest BCUT2D eigenvalue weighted by Gasteiger charge is -2.42. The highest BCUT2D eigenvalue weighted by molar-refractivity contribution is 6.49. The topological polar surface area (TPSA) is 82.2 Å². The number of ketones is 3. The third-order valence-electron chi connectivity index (χ3n) is 5.54. The lowest BCUT2D eigenvalue weighted by atomic mass is 9.70. The molecule has 0 N–H and O–H groups in total. The van der Waals surface area contributed by atoms with Gasteiger partial charge in [0, 0.05) is 6.08 Å². The van der Waals surface area contributed by atoms with Crippen LogP contribution >= 0.6 is 11.6 Å². The van der Waals surface area contributed by atoms with E-state index in [2.05, 4.69) is 0 Å². The summed E-state index contributed by atoms with van der Waals surface area (Å²) in [7, 11) is 0. The fraction of sp³-hybridized carbons (Fsp3) is 0.150. The smallest absolute Gasteiger partial charge is 0.314 e. The Kier molecular flexibility index (Phi) is 2.41. The molecule has 2 aliphatic carbocycles. The van der Waals surface area contributed by atoms with Crippen LogP contribution in [0.4, 0.5) is 0 Å². The van der Waals surface area contributed by atoms with Gasteiger partial charge in [0.2, 0.25) is 11.4 Å². The number of carbonyl (C=O) groups is 3. The zero-order valence-electron chi connectivity index (χ0n) is 13.5. The van der Waals surface area contributed by atoms with Crippen LogP contribution in [0.5, 0.6) is 11.5 Å². The molecule has 6 rings (SSSR count). The summed E-state index contributed by atoms with van der Waals surface area (Å²) in [6.45, 7) is 0. The van der Waals surface area contributed by atoms with Crippen LogP contribution in [-0.4, -0.2) is 34.3 Å². The van der Waals surface area contributed by atoms with E-state index in [4.69, 9.17) is 25.8 Å². The van der Waals surface area contributed by atoms with Gasteiger partial charge in [0.1, 0.15) is 11.5 Å². The molecule has 7 heteroatoms. The van der Waals surface area contributed by atoms with Gasteiger partial charge in [-0.25, -0.2) is 0 Å². The SMILES string of the molecule is O=C1C=CC(=O)[C@@]23O[C@@]12C(=O)C(Cl)=CC31Oc2cccc3cccc(c23)O1. The van der Waals surface area contributed by atoms with E-state index in [1.165, 1.54) is 6.08 Å². The maximum Gasteiger partial charge on any atom is 0.314 e. The molecule has 2 aromatic rings. The van der Waals surface area contributed by atoms with Crippen molar-refractivity contribution in [2.24, 2.45) is 0 Å². The summed E-state index contributed by atoms with van der Waals surface area (Å²) >= 11 is 6.15. The third-order valence-corrected chi connectivity index (χ3v) is 5.82. The maximum absolute atomic E-state index is 12.9. The first-order valence-corrected chi connectivity index (χ1v) is 8.63. The third kappa shape index (κ3) is 1.41. The van der Waals surface area contributed by atoms with Gasteiger partial charge in [-0.05, 0) is 29.7 Å². The minimum absolute atomic E-state index is 0.272. The molecule has 2 aromatic carbocycles. The van der Waals surface area contributed by atoms with Crippen molar-refractivity contribution in [2.75, 3.05) is 0 Å². The summed E-state index contributed by atoms with van der Waals surface area (Å²) in [5.41, 5.74) is -3.97. The van der Waals surface area contributed by atoms with Crippen molar-refractivity contribution in [1.29, 1.82) is 0 Å². The van der Waals surface area contributed by atoms with Crippen LogP contribution < -0.4 is 9.47 Å². The summed E-state index contributed by atoms with van der Waals surface area (Å²) in [5, 5.41) is 1.33. The largest absolute Gasteiger partial charge is 0.445 e. The number of Topliss-reactive ketones (excluding diaryl/α,β-unsaturated/α-hetero) is 1. The Hall–Kier alpha value is -2.96. The first-order chi connectivity index (χ1) is 13.0. The number of hydrogen-bond acceptors (Lipinski definition) is 6. The molecule has 6 nitrogen and oxygen atoms in total. The second-order valence-electron chi connectivity index (χ2n) is 6.83. The van der Waals surface area contributed by atoms with Crippen LogP contribution in [-0.2, 0) is 19.1 Å². The van der Waals surface area contributed by atoms with E-state index in [0.29, 0.717) is 11.5 Å². The average Bonchev–Trinajstić information content (AvgIpc) is 3.39. The molecular weight excluding hydrogens is 372 g/mol. The Morgan fingerprint density at radius 2 is 1.48 bits per heavy atom. The second-order valence-corrected chi connectivity index (χ2v) is 7.24. The molecule has 0 bridgehead atoms. The molecule has 27 heavy (non-hydrogen) atoms. The highest BCUT2D eigenvalue weighted by Crippen LogP contribution is 2.65. The van der Waals surface area contributed by atoms with Gasteiger partial charge >= 0.3 is 5.79 Å². The highest BCUT2D eigenvalue weighted by atomic mass is 35.5. The van der Waals surface area contributed by atoms with Crippen molar-refractivity contribution in [3.63, 3.8) is 0 Å². The molecule has 0 radical (unpaired) electrons. The molecule has 0 amide bonds. The summed E-state index contributed by atoms with van der Waals surface area (Å²) in [6, 6.07) is 10.8. The van der Waals surface area contributed by atoms with Crippen LogP contribution in [0.2, 0.25) is 0 Å². The van der Waals surface area contributed by atoms with E-state index in [-0.39, 0.29) is 5.03 Å². The van der Waals surface area contributed by atoms with Crippen LogP contribution in [0, 0.1) is 0 Å². The van der Waals surface area contributed by atoms with Crippen molar-refractivity contribution in [2.45, 2.75) is 17.0 Å². The minimum Gasteiger partial charge on any atom is -0.445 e. The van der Waals surface area contributed by atoms with Crippen molar-refractivity contribution in [3.05, 3.63) is 59.7 Å². The lowest BCUT2D eigenvalue weighted by Crippen LogP contribution is -2.67. The molecule has 132 valence electrons. The van der Waals surface area contributed by atoms with E-state index in [1.807, 2.05) is 12.1 Å². The Balaban J connectivity index is 1.66. The molecule has 2 heterocycles. The van der Waals surface area contributed by atoms with Gasteiger partial charge < -0.3 is 14.2 Å². The Morgan fingerprint density at radius 3 is 2.15 bits per heavy atom. The predicted octanol–water partition coefficient (Wildman–Crippen LogP) is 2.23. The fourth-order valence-corrected chi connectivity index (χ4v) is 4.62. The molecule has 1 spiro atoms. The van der Waals surface area contributed by atoms with E-state index in [9.17, 15) is 14.4 Å². The molecule has 2 atom stereocenters. The van der Waals surface area contributed by atoms with Gasteiger partial charge in [0.05, 0.1) is 10.4 Å². The number of epoxide rings is 1. The van der Waals surface area contributed by atoms with Gasteiger partial charge in [-0.3, -0.25) is 14.4 Å². The predicted molar refractivity (Wildman–Crippen MR) is 92.6 cm³/mol. The number of halogens is 1. The number of benzene rings is 2. The number of rotatable bonds is 0. The highest BCUT2D eigenvalue weighted by Gasteiger charge is 2.94. The van der Waals surface area contributed by atoms with E-state index in [0.717, 1.165) is 22.9 Å². The minimum atomic E-state index is -2.04. The monoisotopic (exact) mass is 380 g/mol. The summed E-state index contributed by atoms with van der Waals surface area (Å²) < 4.78 is 17.9. The zero-order chi connectivity index (χ0) is 18.6. The number of ether oxygens (including phenoxy) is 3. The van der Waals surface area contributed by atoms with Gasteiger partial charge in [0.15, 0.2) is 11.6 Å². The Bertz CT molecular complexity index is 1150. The van der Waals surface area contributed by atoms with Gasteiger partial charge in [-0.15, -0.1) is 0 Å². The van der Waals surface area contributed by atoms with Crippen molar-refractivity contribution < 1.29 is 28.6 Å². The average molecular weight is 381 g/mol. The Labute approximate surface area is 156 Å². The van der Waals surface area contributed by atoms with Crippen LogP contribution in [0.1, 0.15) is 0 Å². The zero-order valence-corrected chi connectivity index (χ0v) is 14.3. The molecule has 0 saturated carbocycles. The van der Waals surface area contributed by atoms with Gasteiger partial charge in [-0.2, -0.15) is 0 Å². The lowest BCUT2D eigenvalue weighted by molar-refractivity contribution is -0.157. The second kappa shape index (κ2) is 4.30. The summed E-state index contributed by atoms with van der Waals surface area (Å²) in [4.78, 5) is 38.1. The standard InChI is InChI=1S/C20H9ClO6/c21-11-9-18(20-15(23)8-7-14(22)19(20,27-20)17(11)24)25-12-5-1-3-10-4-2-6-13(26-18)16(10)12/h1-9H/t19-,20+/m1/s1. The molecule has 1 saturated heterocycles. The van der Waals surface area contributed by atoms with E-state index in [1.54, 1.807) is 24.3 Å². The summed E-state index contributed by atoms with van der Waals surface area (Å²) in [6.07, 6.45) is 3.34. The molecule has 2 aliphatic heterocycles.